The number of benzene rings is 1. The minimum Gasteiger partial charge on any atom is -0.390 e. The SMILES string of the molecule is CC[C@]12CCCn3c(CO)cc(c31)-c1ccccc1NC(=O)CC2. The van der Waals surface area contributed by atoms with Crippen molar-refractivity contribution in [1.82, 2.24) is 4.57 Å². The maximum absolute atomic E-state index is 12.4. The number of nitrogens with one attached hydrogen (secondary N) is 1. The second kappa shape index (κ2) is 5.78. The Morgan fingerprint density at radius 3 is 2.88 bits per heavy atom. The average Bonchev–Trinajstić information content (AvgIpc) is 3.01. The molecular formula is C20H24N2O2. The van der Waals surface area contributed by atoms with E-state index in [9.17, 15) is 9.90 Å². The third-order valence-corrected chi connectivity index (χ3v) is 5.88. The Labute approximate surface area is 142 Å². The van der Waals surface area contributed by atoms with Gasteiger partial charge in [0.2, 0.25) is 5.91 Å². The van der Waals surface area contributed by atoms with Gasteiger partial charge in [-0.2, -0.15) is 0 Å². The fraction of sp³-hybridized carbons (Fsp3) is 0.450. The first kappa shape index (κ1) is 15.5. The maximum Gasteiger partial charge on any atom is 0.224 e. The number of amides is 1. The van der Waals surface area contributed by atoms with E-state index in [-0.39, 0.29) is 17.9 Å². The molecule has 1 amide bonds. The van der Waals surface area contributed by atoms with Gasteiger partial charge in [0.1, 0.15) is 0 Å². The summed E-state index contributed by atoms with van der Waals surface area (Å²) >= 11 is 0. The van der Waals surface area contributed by atoms with E-state index in [4.69, 9.17) is 0 Å². The number of para-hydroxylation sites is 1. The minimum absolute atomic E-state index is 0.0236. The average molecular weight is 324 g/mol. The molecule has 2 aliphatic heterocycles. The Balaban J connectivity index is 2.04. The molecule has 0 saturated heterocycles. The van der Waals surface area contributed by atoms with Crippen LogP contribution in [0.15, 0.2) is 30.3 Å². The molecule has 24 heavy (non-hydrogen) atoms. The number of aliphatic hydroxyl groups excluding tert-OH is 1. The first-order chi connectivity index (χ1) is 11.7. The summed E-state index contributed by atoms with van der Waals surface area (Å²) in [6, 6.07) is 10.1. The summed E-state index contributed by atoms with van der Waals surface area (Å²) < 4.78 is 2.31. The molecule has 0 radical (unpaired) electrons. The van der Waals surface area contributed by atoms with Crippen molar-refractivity contribution in [3.8, 4) is 11.1 Å². The number of carbonyl (C=O) groups is 1. The van der Waals surface area contributed by atoms with Crippen molar-refractivity contribution in [3.05, 3.63) is 41.7 Å². The second-order valence-electron chi connectivity index (χ2n) is 7.04. The summed E-state index contributed by atoms with van der Waals surface area (Å²) in [5.74, 6) is 0.0972. The van der Waals surface area contributed by atoms with Gasteiger partial charge in [-0.1, -0.05) is 25.1 Å². The van der Waals surface area contributed by atoms with Crippen molar-refractivity contribution >= 4 is 11.6 Å². The van der Waals surface area contributed by atoms with Gasteiger partial charge in [-0.25, -0.2) is 0 Å². The molecule has 1 aromatic heterocycles. The number of rotatable bonds is 2. The highest BCUT2D eigenvalue weighted by Crippen LogP contribution is 2.48. The van der Waals surface area contributed by atoms with Crippen LogP contribution in [0.1, 0.15) is 50.4 Å². The largest absolute Gasteiger partial charge is 0.390 e. The van der Waals surface area contributed by atoms with Crippen LogP contribution in [-0.4, -0.2) is 15.6 Å². The molecule has 4 heteroatoms. The molecule has 2 N–H and O–H groups in total. The summed E-state index contributed by atoms with van der Waals surface area (Å²) in [6.07, 6.45) is 4.64. The van der Waals surface area contributed by atoms with E-state index in [1.807, 2.05) is 18.2 Å². The summed E-state index contributed by atoms with van der Waals surface area (Å²) in [5.41, 5.74) is 5.45. The fourth-order valence-corrected chi connectivity index (χ4v) is 4.62. The lowest BCUT2D eigenvalue weighted by molar-refractivity contribution is -0.116. The fourth-order valence-electron chi connectivity index (χ4n) is 4.62. The van der Waals surface area contributed by atoms with E-state index in [2.05, 4.69) is 28.9 Å². The van der Waals surface area contributed by atoms with Gasteiger partial charge in [0.15, 0.2) is 0 Å². The number of anilines is 1. The van der Waals surface area contributed by atoms with Crippen LogP contribution in [0.25, 0.3) is 11.1 Å². The van der Waals surface area contributed by atoms with Crippen LogP contribution < -0.4 is 5.32 Å². The van der Waals surface area contributed by atoms with Gasteiger partial charge in [-0.3, -0.25) is 4.79 Å². The molecule has 2 aliphatic rings. The van der Waals surface area contributed by atoms with Gasteiger partial charge < -0.3 is 15.0 Å². The van der Waals surface area contributed by atoms with Crippen LogP contribution in [0, 0.1) is 0 Å². The topological polar surface area (TPSA) is 54.3 Å². The third kappa shape index (κ3) is 2.20. The predicted molar refractivity (Wildman–Crippen MR) is 94.9 cm³/mol. The molecule has 0 unspecified atom stereocenters. The highest BCUT2D eigenvalue weighted by atomic mass is 16.3. The molecule has 0 aliphatic carbocycles. The molecule has 0 bridgehead atoms. The Bertz CT molecular complexity index is 793. The van der Waals surface area contributed by atoms with Crippen LogP contribution in [0.3, 0.4) is 0 Å². The second-order valence-corrected chi connectivity index (χ2v) is 7.04. The number of aliphatic hydroxyl groups is 1. The molecular weight excluding hydrogens is 300 g/mol. The van der Waals surface area contributed by atoms with Crippen molar-refractivity contribution in [2.75, 3.05) is 5.32 Å². The monoisotopic (exact) mass is 324 g/mol. The Hall–Kier alpha value is -2.07. The van der Waals surface area contributed by atoms with Gasteiger partial charge in [-0.05, 0) is 37.8 Å². The summed E-state index contributed by atoms with van der Waals surface area (Å²) in [6.45, 7) is 3.24. The van der Waals surface area contributed by atoms with E-state index in [1.165, 1.54) is 11.3 Å². The molecule has 2 aromatic rings. The van der Waals surface area contributed by atoms with Crippen LogP contribution in [-0.2, 0) is 23.4 Å². The number of carbonyl (C=O) groups excluding carboxylic acids is 1. The third-order valence-electron chi connectivity index (χ3n) is 5.88. The number of hydrogen-bond acceptors (Lipinski definition) is 2. The van der Waals surface area contributed by atoms with Crippen molar-refractivity contribution < 1.29 is 9.90 Å². The summed E-state index contributed by atoms with van der Waals surface area (Å²) in [5, 5.41) is 12.9. The van der Waals surface area contributed by atoms with Gasteiger partial charge in [0.25, 0.3) is 0 Å². The number of nitrogens with zero attached hydrogens (tertiary/aromatic N) is 1. The van der Waals surface area contributed by atoms with E-state index in [1.54, 1.807) is 0 Å². The molecule has 126 valence electrons. The van der Waals surface area contributed by atoms with Gasteiger partial charge in [0, 0.05) is 46.6 Å². The quantitative estimate of drug-likeness (QED) is 0.882. The lowest BCUT2D eigenvalue weighted by Gasteiger charge is -2.39. The van der Waals surface area contributed by atoms with Crippen molar-refractivity contribution in [2.45, 2.75) is 57.6 Å². The van der Waals surface area contributed by atoms with Crippen LogP contribution in [0.2, 0.25) is 0 Å². The van der Waals surface area contributed by atoms with Gasteiger partial charge >= 0.3 is 0 Å². The molecule has 3 heterocycles. The Kier molecular flexibility index (Phi) is 3.72. The lowest BCUT2D eigenvalue weighted by atomic mass is 9.70. The summed E-state index contributed by atoms with van der Waals surface area (Å²) in [7, 11) is 0. The predicted octanol–water partition coefficient (Wildman–Crippen LogP) is 3.82. The summed E-state index contributed by atoms with van der Waals surface area (Å²) in [4.78, 5) is 12.4. The van der Waals surface area contributed by atoms with Gasteiger partial charge in [-0.15, -0.1) is 0 Å². The molecule has 1 atom stereocenters. The van der Waals surface area contributed by atoms with E-state index < -0.39 is 0 Å². The van der Waals surface area contributed by atoms with E-state index in [0.29, 0.717) is 6.42 Å². The minimum atomic E-state index is 0.0236. The zero-order chi connectivity index (χ0) is 16.7. The number of fused-ring (bicyclic) bond motifs is 2. The maximum atomic E-state index is 12.4. The molecule has 4 nitrogen and oxygen atoms in total. The van der Waals surface area contributed by atoms with Crippen LogP contribution in [0.4, 0.5) is 5.69 Å². The Morgan fingerprint density at radius 1 is 1.25 bits per heavy atom. The van der Waals surface area contributed by atoms with E-state index in [0.717, 1.165) is 49.2 Å². The molecule has 0 fully saturated rings. The van der Waals surface area contributed by atoms with Gasteiger partial charge in [0.05, 0.1) is 6.61 Å². The first-order valence-corrected chi connectivity index (χ1v) is 8.91. The zero-order valence-electron chi connectivity index (χ0n) is 14.1. The van der Waals surface area contributed by atoms with E-state index >= 15 is 0 Å². The molecule has 0 spiro atoms. The normalized spacial score (nSPS) is 22.7. The lowest BCUT2D eigenvalue weighted by Crippen LogP contribution is -2.34. The number of aromatic nitrogens is 1. The first-order valence-electron chi connectivity index (χ1n) is 8.91. The zero-order valence-corrected chi connectivity index (χ0v) is 14.1. The molecule has 4 rings (SSSR count). The highest BCUT2D eigenvalue weighted by Gasteiger charge is 2.40. The molecule has 0 saturated carbocycles. The van der Waals surface area contributed by atoms with Crippen molar-refractivity contribution in [1.29, 1.82) is 0 Å². The molecule has 1 aromatic carbocycles. The Morgan fingerprint density at radius 2 is 2.08 bits per heavy atom. The smallest absolute Gasteiger partial charge is 0.224 e. The number of hydrogen-bond donors (Lipinski definition) is 2. The van der Waals surface area contributed by atoms with Crippen molar-refractivity contribution in [3.63, 3.8) is 0 Å². The van der Waals surface area contributed by atoms with Crippen LogP contribution >= 0.6 is 0 Å². The highest BCUT2D eigenvalue weighted by molar-refractivity contribution is 5.96. The van der Waals surface area contributed by atoms with Crippen LogP contribution in [0.5, 0.6) is 0 Å². The van der Waals surface area contributed by atoms with Crippen molar-refractivity contribution in [2.24, 2.45) is 0 Å². The standard InChI is InChI=1S/C20H24N2O2/c1-2-20-9-5-11-22-14(13-23)12-16(19(20)22)15-6-3-4-7-17(15)21-18(24)8-10-20/h3-4,6-7,12,23H,2,5,8-11,13H2,1H3,(H,21,24)/t20-/m1/s1.